The minimum absolute atomic E-state index is 0.432. The second kappa shape index (κ2) is 6.51. The SMILES string of the molecule is COCCN(CF)Cc1ccccc1. The third-order valence-electron chi connectivity index (χ3n) is 2.03. The van der Waals surface area contributed by atoms with Gasteiger partial charge in [-0.15, -0.1) is 0 Å². The standard InChI is InChI=1S/C11H16FNO/c1-14-8-7-13(10-12)9-11-5-3-2-4-6-11/h2-6H,7-10H2,1H3. The largest absolute Gasteiger partial charge is 0.383 e. The van der Waals surface area contributed by atoms with E-state index in [1.165, 1.54) is 0 Å². The van der Waals surface area contributed by atoms with E-state index in [2.05, 4.69) is 0 Å². The second-order valence-electron chi connectivity index (χ2n) is 3.15. The molecule has 0 amide bonds. The summed E-state index contributed by atoms with van der Waals surface area (Å²) < 4.78 is 17.4. The van der Waals surface area contributed by atoms with Gasteiger partial charge in [0.2, 0.25) is 0 Å². The molecule has 3 heteroatoms. The van der Waals surface area contributed by atoms with Gasteiger partial charge in [0, 0.05) is 20.2 Å². The zero-order valence-electron chi connectivity index (χ0n) is 8.45. The lowest BCUT2D eigenvalue weighted by molar-refractivity contribution is 0.113. The Kier molecular flexibility index (Phi) is 5.19. The summed E-state index contributed by atoms with van der Waals surface area (Å²) in [5.74, 6) is 0. The van der Waals surface area contributed by atoms with Gasteiger partial charge in [0.05, 0.1) is 6.61 Å². The lowest BCUT2D eigenvalue weighted by Crippen LogP contribution is -2.26. The van der Waals surface area contributed by atoms with Crippen molar-refractivity contribution in [1.82, 2.24) is 4.90 Å². The number of alkyl halides is 1. The highest BCUT2D eigenvalue weighted by Gasteiger charge is 2.03. The molecule has 1 aromatic carbocycles. The smallest absolute Gasteiger partial charge is 0.143 e. The Balaban J connectivity index is 2.40. The molecule has 0 aliphatic rings. The van der Waals surface area contributed by atoms with Crippen LogP contribution in [0.15, 0.2) is 30.3 Å². The average Bonchev–Trinajstić information content (AvgIpc) is 2.25. The fraction of sp³-hybridized carbons (Fsp3) is 0.455. The molecule has 1 rings (SSSR count). The summed E-state index contributed by atoms with van der Waals surface area (Å²) in [6.07, 6.45) is 0. The van der Waals surface area contributed by atoms with Crippen molar-refractivity contribution in [3.8, 4) is 0 Å². The summed E-state index contributed by atoms with van der Waals surface area (Å²) in [5, 5.41) is 0. The van der Waals surface area contributed by atoms with Crippen LogP contribution in [0, 0.1) is 0 Å². The summed E-state index contributed by atoms with van der Waals surface area (Å²) in [4.78, 5) is 1.71. The Morgan fingerprint density at radius 2 is 2.00 bits per heavy atom. The molecule has 1 aromatic rings. The topological polar surface area (TPSA) is 12.5 Å². The number of halogens is 1. The first-order valence-electron chi connectivity index (χ1n) is 4.68. The van der Waals surface area contributed by atoms with Gasteiger partial charge in [0.1, 0.15) is 6.80 Å². The van der Waals surface area contributed by atoms with E-state index < -0.39 is 6.80 Å². The van der Waals surface area contributed by atoms with E-state index in [1.54, 1.807) is 12.0 Å². The molecule has 0 N–H and O–H groups in total. The van der Waals surface area contributed by atoms with Crippen molar-refractivity contribution < 1.29 is 9.13 Å². The van der Waals surface area contributed by atoms with E-state index in [0.717, 1.165) is 5.56 Å². The Morgan fingerprint density at radius 1 is 1.29 bits per heavy atom. The number of hydrogen-bond acceptors (Lipinski definition) is 2. The molecular weight excluding hydrogens is 181 g/mol. The zero-order valence-corrected chi connectivity index (χ0v) is 8.45. The molecule has 0 bridgehead atoms. The monoisotopic (exact) mass is 197 g/mol. The number of nitrogens with zero attached hydrogens (tertiary/aromatic N) is 1. The van der Waals surface area contributed by atoms with E-state index in [1.807, 2.05) is 30.3 Å². The van der Waals surface area contributed by atoms with Crippen LogP contribution in [0.5, 0.6) is 0 Å². The van der Waals surface area contributed by atoms with Gasteiger partial charge in [-0.1, -0.05) is 30.3 Å². The summed E-state index contributed by atoms with van der Waals surface area (Å²) in [6, 6.07) is 9.87. The minimum atomic E-state index is -0.432. The molecule has 0 saturated heterocycles. The van der Waals surface area contributed by atoms with E-state index in [4.69, 9.17) is 4.74 Å². The predicted molar refractivity (Wildman–Crippen MR) is 54.7 cm³/mol. The van der Waals surface area contributed by atoms with Crippen molar-refractivity contribution in [1.29, 1.82) is 0 Å². The number of ether oxygens (including phenoxy) is 1. The van der Waals surface area contributed by atoms with Crippen LogP contribution in [0.1, 0.15) is 5.56 Å². The quantitative estimate of drug-likeness (QED) is 0.647. The van der Waals surface area contributed by atoms with Crippen LogP contribution in [0.2, 0.25) is 0 Å². The van der Waals surface area contributed by atoms with E-state index in [9.17, 15) is 4.39 Å². The number of benzene rings is 1. The molecule has 0 aliphatic carbocycles. The Labute approximate surface area is 84.3 Å². The number of hydrogen-bond donors (Lipinski definition) is 0. The molecule has 0 atom stereocenters. The van der Waals surface area contributed by atoms with Crippen molar-refractivity contribution in [2.45, 2.75) is 6.54 Å². The van der Waals surface area contributed by atoms with Gasteiger partial charge in [0.25, 0.3) is 0 Å². The summed E-state index contributed by atoms with van der Waals surface area (Å²) in [5.41, 5.74) is 1.13. The predicted octanol–water partition coefficient (Wildman–Crippen LogP) is 2.06. The zero-order chi connectivity index (χ0) is 10.2. The van der Waals surface area contributed by atoms with Crippen LogP contribution in [-0.2, 0) is 11.3 Å². The maximum absolute atomic E-state index is 12.5. The molecule has 2 nitrogen and oxygen atoms in total. The highest BCUT2D eigenvalue weighted by Crippen LogP contribution is 2.03. The van der Waals surface area contributed by atoms with E-state index in [-0.39, 0.29) is 0 Å². The molecule has 14 heavy (non-hydrogen) atoms. The van der Waals surface area contributed by atoms with Gasteiger partial charge in [0.15, 0.2) is 0 Å². The van der Waals surface area contributed by atoms with Gasteiger partial charge in [-0.05, 0) is 5.56 Å². The first kappa shape index (κ1) is 11.1. The van der Waals surface area contributed by atoms with Crippen LogP contribution < -0.4 is 0 Å². The summed E-state index contributed by atoms with van der Waals surface area (Å²) in [6.45, 7) is 1.40. The Bertz CT molecular complexity index is 240. The molecule has 0 radical (unpaired) electrons. The Hall–Kier alpha value is -0.930. The van der Waals surface area contributed by atoms with Crippen molar-refractivity contribution in [3.63, 3.8) is 0 Å². The van der Waals surface area contributed by atoms with Crippen LogP contribution in [0.3, 0.4) is 0 Å². The molecular formula is C11H16FNO. The third kappa shape index (κ3) is 3.85. The molecule has 0 aliphatic heterocycles. The first-order chi connectivity index (χ1) is 6.86. The van der Waals surface area contributed by atoms with Crippen LogP contribution in [0.4, 0.5) is 4.39 Å². The van der Waals surface area contributed by atoms with Crippen molar-refractivity contribution >= 4 is 0 Å². The van der Waals surface area contributed by atoms with Gasteiger partial charge >= 0.3 is 0 Å². The minimum Gasteiger partial charge on any atom is -0.383 e. The summed E-state index contributed by atoms with van der Waals surface area (Å²) in [7, 11) is 1.62. The summed E-state index contributed by atoms with van der Waals surface area (Å²) >= 11 is 0. The van der Waals surface area contributed by atoms with E-state index in [0.29, 0.717) is 19.7 Å². The van der Waals surface area contributed by atoms with E-state index >= 15 is 0 Å². The molecule has 0 heterocycles. The molecule has 0 saturated carbocycles. The van der Waals surface area contributed by atoms with Gasteiger partial charge < -0.3 is 4.74 Å². The van der Waals surface area contributed by atoms with Gasteiger partial charge in [-0.2, -0.15) is 0 Å². The fourth-order valence-corrected chi connectivity index (χ4v) is 1.24. The van der Waals surface area contributed by atoms with Crippen LogP contribution >= 0.6 is 0 Å². The highest BCUT2D eigenvalue weighted by atomic mass is 19.1. The van der Waals surface area contributed by atoms with Crippen molar-refractivity contribution in [2.24, 2.45) is 0 Å². The van der Waals surface area contributed by atoms with Crippen molar-refractivity contribution in [3.05, 3.63) is 35.9 Å². The maximum atomic E-state index is 12.5. The maximum Gasteiger partial charge on any atom is 0.143 e. The fourth-order valence-electron chi connectivity index (χ4n) is 1.24. The molecule has 0 spiro atoms. The average molecular weight is 197 g/mol. The third-order valence-corrected chi connectivity index (χ3v) is 2.03. The second-order valence-corrected chi connectivity index (χ2v) is 3.15. The molecule has 78 valence electrons. The normalized spacial score (nSPS) is 10.8. The molecule has 0 fully saturated rings. The van der Waals surface area contributed by atoms with Gasteiger partial charge in [-0.3, -0.25) is 4.90 Å². The van der Waals surface area contributed by atoms with Crippen molar-refractivity contribution in [2.75, 3.05) is 27.1 Å². The molecule has 0 unspecified atom stereocenters. The molecule has 0 aromatic heterocycles. The van der Waals surface area contributed by atoms with Gasteiger partial charge in [-0.25, -0.2) is 4.39 Å². The van der Waals surface area contributed by atoms with Crippen LogP contribution in [-0.4, -0.2) is 32.0 Å². The van der Waals surface area contributed by atoms with Crippen LogP contribution in [0.25, 0.3) is 0 Å². The highest BCUT2D eigenvalue weighted by molar-refractivity contribution is 5.14. The Morgan fingerprint density at radius 3 is 2.57 bits per heavy atom. The lowest BCUT2D eigenvalue weighted by atomic mass is 10.2. The number of methoxy groups -OCH3 is 1. The lowest BCUT2D eigenvalue weighted by Gasteiger charge is -2.17. The first-order valence-corrected chi connectivity index (χ1v) is 4.68. The number of rotatable bonds is 6.